The molecular weight excluding hydrogens is 481 g/mol. The molecule has 35 heavy (non-hydrogen) atoms. The molecule has 3 saturated heterocycles. The number of hydrogen-bond acceptors (Lipinski definition) is 4. The van der Waals surface area contributed by atoms with Gasteiger partial charge in [0.25, 0.3) is 0 Å². The first-order valence-electron chi connectivity index (χ1n) is 11.9. The molecule has 4 aliphatic rings. The zero-order valence-electron chi connectivity index (χ0n) is 19.6. The quantitative estimate of drug-likeness (QED) is 0.528. The second-order valence-corrected chi connectivity index (χ2v) is 10.7. The number of halogens is 4. The third-order valence-electron chi connectivity index (χ3n) is 7.44. The molecular formula is C26H28ClF3N2O3. The molecule has 5 nitrogen and oxygen atoms in total. The van der Waals surface area contributed by atoms with E-state index in [1.807, 2.05) is 13.8 Å². The maximum absolute atomic E-state index is 13.3. The van der Waals surface area contributed by atoms with Crippen LogP contribution < -0.4 is 10.1 Å². The average molecular weight is 509 g/mol. The van der Waals surface area contributed by atoms with E-state index in [2.05, 4.69) is 10.2 Å². The molecule has 2 aromatic carbocycles. The summed E-state index contributed by atoms with van der Waals surface area (Å²) in [7, 11) is 0. The summed E-state index contributed by atoms with van der Waals surface area (Å²) in [6.07, 6.45) is -3.02. The van der Waals surface area contributed by atoms with Crippen molar-refractivity contribution >= 4 is 17.7 Å². The maximum Gasteiger partial charge on any atom is 0.417 e. The number of alkyl halides is 3. The summed E-state index contributed by atoms with van der Waals surface area (Å²) in [5, 5.41) is 2.68. The van der Waals surface area contributed by atoms with Crippen LogP contribution in [0.3, 0.4) is 0 Å². The third-order valence-corrected chi connectivity index (χ3v) is 7.84. The van der Waals surface area contributed by atoms with E-state index in [-0.39, 0.29) is 22.7 Å². The summed E-state index contributed by atoms with van der Waals surface area (Å²) in [5.74, 6) is 0.906. The van der Waals surface area contributed by atoms with Crippen LogP contribution in [0.15, 0.2) is 36.4 Å². The first-order valence-corrected chi connectivity index (χ1v) is 12.2. The zero-order valence-corrected chi connectivity index (χ0v) is 20.4. The number of rotatable bonds is 3. The Morgan fingerprint density at radius 2 is 1.94 bits per heavy atom. The van der Waals surface area contributed by atoms with Gasteiger partial charge in [0.15, 0.2) is 0 Å². The fraction of sp³-hybridized carbons (Fsp3) is 0.500. The standard InChI is InChI=1S/C26H28ClF3N2O3/c1-25(2)14-34-20-12-16(17-4-3-5-19(22(17)27)26(28,29)30)6-7-18(20)23(25)31-24(33)35-21-13-32-10-8-15(21)9-11-32/h3-7,12,15,21,23H,8-11,13-14H2,1-2H3,(H,31,33)/t21-,23?/m0/s1. The molecule has 1 amide bonds. The Morgan fingerprint density at radius 1 is 1.20 bits per heavy atom. The van der Waals surface area contributed by atoms with Crippen LogP contribution >= 0.6 is 11.6 Å². The van der Waals surface area contributed by atoms with Crippen molar-refractivity contribution in [2.45, 2.75) is 45.0 Å². The fourth-order valence-corrected chi connectivity index (χ4v) is 5.76. The monoisotopic (exact) mass is 508 g/mol. The molecule has 1 N–H and O–H groups in total. The van der Waals surface area contributed by atoms with E-state index >= 15 is 0 Å². The zero-order chi connectivity index (χ0) is 25.0. The summed E-state index contributed by atoms with van der Waals surface area (Å²) in [4.78, 5) is 15.2. The van der Waals surface area contributed by atoms with Crippen LogP contribution in [-0.2, 0) is 10.9 Å². The molecule has 4 heterocycles. The third kappa shape index (κ3) is 4.70. The van der Waals surface area contributed by atoms with Gasteiger partial charge < -0.3 is 14.8 Å². The molecule has 2 bridgehead atoms. The first kappa shape index (κ1) is 24.3. The lowest BCUT2D eigenvalue weighted by molar-refractivity contribution is -0.137. The maximum atomic E-state index is 13.3. The topological polar surface area (TPSA) is 50.8 Å². The number of carbonyl (C=O) groups is 1. The summed E-state index contributed by atoms with van der Waals surface area (Å²) >= 11 is 6.14. The Morgan fingerprint density at radius 3 is 2.60 bits per heavy atom. The SMILES string of the molecule is CC1(C)COc2cc(-c3cccc(C(F)(F)F)c3Cl)ccc2C1NC(=O)O[C@H]1CN2CCC1CC2. The number of amides is 1. The van der Waals surface area contributed by atoms with Crippen molar-refractivity contribution in [1.82, 2.24) is 10.2 Å². The predicted octanol–water partition coefficient (Wildman–Crippen LogP) is 6.31. The van der Waals surface area contributed by atoms with Crippen LogP contribution in [0.5, 0.6) is 5.75 Å². The molecule has 6 rings (SSSR count). The number of alkyl carbamates (subject to hydrolysis) is 1. The summed E-state index contributed by atoms with van der Waals surface area (Å²) in [5.41, 5.74) is 0.221. The summed E-state index contributed by atoms with van der Waals surface area (Å²) < 4.78 is 51.8. The largest absolute Gasteiger partial charge is 0.493 e. The lowest BCUT2D eigenvalue weighted by atomic mass is 9.78. The number of hydrogen-bond donors (Lipinski definition) is 1. The van der Waals surface area contributed by atoms with Gasteiger partial charge in [0.2, 0.25) is 0 Å². The Balaban J connectivity index is 1.39. The van der Waals surface area contributed by atoms with Gasteiger partial charge >= 0.3 is 12.3 Å². The van der Waals surface area contributed by atoms with Gasteiger partial charge in [-0.1, -0.05) is 49.7 Å². The summed E-state index contributed by atoms with van der Waals surface area (Å²) in [6, 6.07) is 8.63. The molecule has 0 spiro atoms. The lowest BCUT2D eigenvalue weighted by Gasteiger charge is -2.44. The second-order valence-electron chi connectivity index (χ2n) is 10.4. The van der Waals surface area contributed by atoms with Gasteiger partial charge in [-0.3, -0.25) is 4.90 Å². The molecule has 2 atom stereocenters. The van der Waals surface area contributed by atoms with Crippen LogP contribution in [0.2, 0.25) is 5.02 Å². The number of ether oxygens (including phenoxy) is 2. The lowest BCUT2D eigenvalue weighted by Crippen LogP contribution is -2.53. The van der Waals surface area contributed by atoms with Crippen molar-refractivity contribution in [3.8, 4) is 16.9 Å². The van der Waals surface area contributed by atoms with Crippen LogP contribution in [0, 0.1) is 11.3 Å². The van der Waals surface area contributed by atoms with Gasteiger partial charge in [-0.2, -0.15) is 13.2 Å². The molecule has 2 aromatic rings. The van der Waals surface area contributed by atoms with E-state index in [1.54, 1.807) is 24.3 Å². The molecule has 188 valence electrons. The van der Waals surface area contributed by atoms with Crippen molar-refractivity contribution in [2.24, 2.45) is 11.3 Å². The molecule has 1 unspecified atom stereocenters. The molecule has 0 aliphatic carbocycles. The molecule has 4 aliphatic heterocycles. The van der Waals surface area contributed by atoms with Crippen LogP contribution in [0.1, 0.15) is 43.9 Å². The van der Waals surface area contributed by atoms with E-state index in [0.717, 1.165) is 44.1 Å². The van der Waals surface area contributed by atoms with E-state index in [9.17, 15) is 18.0 Å². The highest BCUT2D eigenvalue weighted by Gasteiger charge is 2.41. The molecule has 3 fully saturated rings. The minimum atomic E-state index is -4.55. The minimum absolute atomic E-state index is 0.106. The van der Waals surface area contributed by atoms with Crippen LogP contribution in [0.4, 0.5) is 18.0 Å². The van der Waals surface area contributed by atoms with E-state index in [0.29, 0.717) is 23.8 Å². The highest BCUT2D eigenvalue weighted by atomic mass is 35.5. The van der Waals surface area contributed by atoms with Crippen molar-refractivity contribution in [1.29, 1.82) is 0 Å². The molecule has 9 heteroatoms. The van der Waals surface area contributed by atoms with Crippen molar-refractivity contribution in [2.75, 3.05) is 26.2 Å². The Bertz CT molecular complexity index is 1130. The second kappa shape index (κ2) is 8.89. The fourth-order valence-electron chi connectivity index (χ4n) is 5.41. The van der Waals surface area contributed by atoms with E-state index in [4.69, 9.17) is 21.1 Å². The highest BCUT2D eigenvalue weighted by Crippen LogP contribution is 2.46. The predicted molar refractivity (Wildman–Crippen MR) is 126 cm³/mol. The van der Waals surface area contributed by atoms with Gasteiger partial charge in [0, 0.05) is 23.1 Å². The highest BCUT2D eigenvalue weighted by molar-refractivity contribution is 6.34. The number of nitrogens with zero attached hydrogens (tertiary/aromatic N) is 1. The number of fused-ring (bicyclic) bond motifs is 4. The first-order chi connectivity index (χ1) is 16.5. The molecule has 0 aromatic heterocycles. The number of carbonyl (C=O) groups excluding carboxylic acids is 1. The van der Waals surface area contributed by atoms with Gasteiger partial charge in [-0.25, -0.2) is 4.79 Å². The van der Waals surface area contributed by atoms with Crippen molar-refractivity contribution in [3.05, 3.63) is 52.5 Å². The number of benzene rings is 2. The van der Waals surface area contributed by atoms with Crippen LogP contribution in [0.25, 0.3) is 11.1 Å². The van der Waals surface area contributed by atoms with Gasteiger partial charge in [-0.05, 0) is 49.5 Å². The van der Waals surface area contributed by atoms with E-state index < -0.39 is 23.2 Å². The van der Waals surface area contributed by atoms with Crippen molar-refractivity contribution < 1.29 is 27.4 Å². The van der Waals surface area contributed by atoms with Gasteiger partial charge in [0.05, 0.1) is 23.2 Å². The molecule has 0 radical (unpaired) electrons. The average Bonchev–Trinajstić information content (AvgIpc) is 2.81. The molecule has 0 saturated carbocycles. The Labute approximate surface area is 207 Å². The number of piperidine rings is 3. The van der Waals surface area contributed by atoms with Gasteiger partial charge in [0.1, 0.15) is 11.9 Å². The van der Waals surface area contributed by atoms with Crippen LogP contribution in [-0.4, -0.2) is 43.3 Å². The normalized spacial score (nSPS) is 27.0. The summed E-state index contributed by atoms with van der Waals surface area (Å²) in [6.45, 7) is 7.20. The van der Waals surface area contributed by atoms with Crippen molar-refractivity contribution in [3.63, 3.8) is 0 Å². The smallest absolute Gasteiger partial charge is 0.417 e. The van der Waals surface area contributed by atoms with Gasteiger partial charge in [-0.15, -0.1) is 0 Å². The number of nitrogens with one attached hydrogen (secondary N) is 1. The Kier molecular flexibility index (Phi) is 6.16. The Hall–Kier alpha value is -2.45. The van der Waals surface area contributed by atoms with E-state index in [1.165, 1.54) is 6.07 Å². The minimum Gasteiger partial charge on any atom is -0.493 e.